The van der Waals surface area contributed by atoms with Gasteiger partial charge in [-0.1, -0.05) is 0 Å². The number of nitrogens with two attached hydrogens (primary N) is 1. The Kier molecular flexibility index (Phi) is 4.54. The number of benzene rings is 1. The van der Waals surface area contributed by atoms with Gasteiger partial charge in [0.2, 0.25) is 0 Å². The van der Waals surface area contributed by atoms with Crippen LogP contribution in [0, 0.1) is 11.7 Å². The molecule has 1 aromatic heterocycles. The van der Waals surface area contributed by atoms with E-state index in [-0.39, 0.29) is 40.8 Å². The number of aliphatic hydroxyl groups excluding tert-OH is 1. The number of anilines is 1. The third-order valence-electron chi connectivity index (χ3n) is 5.67. The summed E-state index contributed by atoms with van der Waals surface area (Å²) in [4.78, 5) is 28.6. The number of fused-ring (bicyclic) bond motifs is 1. The van der Waals surface area contributed by atoms with E-state index in [0.29, 0.717) is 19.5 Å². The SMILES string of the molecule is COc1c(N2CCC(C(O)CN)C2)c(F)c(O)c2c(=O)[nH]c(=O)n(C3CC3)c12. The summed E-state index contributed by atoms with van der Waals surface area (Å²) in [6.45, 7) is 0.821. The van der Waals surface area contributed by atoms with Gasteiger partial charge in [-0.25, -0.2) is 9.18 Å². The predicted octanol–water partition coefficient (Wildman–Crippen LogP) is 0.0239. The summed E-state index contributed by atoms with van der Waals surface area (Å²) in [5, 5.41) is 20.2. The van der Waals surface area contributed by atoms with Crippen molar-refractivity contribution >= 4 is 16.6 Å². The minimum atomic E-state index is -0.987. The number of H-pyrrole nitrogens is 1. The molecule has 0 spiro atoms. The van der Waals surface area contributed by atoms with Crippen molar-refractivity contribution in [3.8, 4) is 11.5 Å². The largest absolute Gasteiger partial charge is 0.504 e. The molecule has 28 heavy (non-hydrogen) atoms. The molecule has 1 saturated carbocycles. The van der Waals surface area contributed by atoms with E-state index in [4.69, 9.17) is 10.5 Å². The minimum absolute atomic E-state index is 0.0152. The number of nitrogens with zero attached hydrogens (tertiary/aromatic N) is 2. The van der Waals surface area contributed by atoms with Crippen LogP contribution in [0.2, 0.25) is 0 Å². The lowest BCUT2D eigenvalue weighted by Gasteiger charge is -2.25. The molecule has 2 aliphatic rings. The Hall–Kier alpha value is -2.59. The van der Waals surface area contributed by atoms with Gasteiger partial charge >= 0.3 is 5.69 Å². The second-order valence-corrected chi connectivity index (χ2v) is 7.43. The van der Waals surface area contributed by atoms with Gasteiger partial charge in [0.15, 0.2) is 17.3 Å². The highest BCUT2D eigenvalue weighted by Gasteiger charge is 2.36. The van der Waals surface area contributed by atoms with Crippen LogP contribution in [-0.2, 0) is 0 Å². The van der Waals surface area contributed by atoms with Crippen molar-refractivity contribution in [1.29, 1.82) is 0 Å². The summed E-state index contributed by atoms with van der Waals surface area (Å²) in [5.74, 6) is -1.93. The fourth-order valence-corrected chi connectivity index (χ4v) is 4.08. The van der Waals surface area contributed by atoms with Gasteiger partial charge < -0.3 is 25.6 Å². The van der Waals surface area contributed by atoms with Crippen molar-refractivity contribution in [3.63, 3.8) is 0 Å². The number of aliphatic hydroxyl groups is 1. The first-order valence-corrected chi connectivity index (χ1v) is 9.29. The van der Waals surface area contributed by atoms with E-state index in [1.807, 2.05) is 0 Å². The number of aromatic hydroxyl groups is 1. The molecule has 5 N–H and O–H groups in total. The zero-order valence-electron chi connectivity index (χ0n) is 15.4. The Morgan fingerprint density at radius 1 is 1.36 bits per heavy atom. The summed E-state index contributed by atoms with van der Waals surface area (Å²) in [7, 11) is 1.33. The lowest BCUT2D eigenvalue weighted by atomic mass is 10.0. The molecule has 2 atom stereocenters. The van der Waals surface area contributed by atoms with Gasteiger partial charge in [-0.3, -0.25) is 14.3 Å². The van der Waals surface area contributed by atoms with Crippen LogP contribution in [0.5, 0.6) is 11.5 Å². The van der Waals surface area contributed by atoms with Crippen molar-refractivity contribution < 1.29 is 19.3 Å². The van der Waals surface area contributed by atoms with Crippen LogP contribution in [0.4, 0.5) is 10.1 Å². The van der Waals surface area contributed by atoms with Crippen molar-refractivity contribution in [2.75, 3.05) is 31.6 Å². The average molecular weight is 394 g/mol. The highest BCUT2D eigenvalue weighted by atomic mass is 19.1. The van der Waals surface area contributed by atoms with Crippen LogP contribution < -0.4 is 26.6 Å². The third-order valence-corrected chi connectivity index (χ3v) is 5.67. The summed E-state index contributed by atoms with van der Waals surface area (Å²) in [5.41, 5.74) is 4.13. The molecule has 2 aromatic rings. The first kappa shape index (κ1) is 18.8. The van der Waals surface area contributed by atoms with Crippen LogP contribution >= 0.6 is 0 Å². The third kappa shape index (κ3) is 2.75. The lowest BCUT2D eigenvalue weighted by molar-refractivity contribution is 0.126. The lowest BCUT2D eigenvalue weighted by Crippen LogP contribution is -2.32. The molecule has 2 fully saturated rings. The highest BCUT2D eigenvalue weighted by molar-refractivity contribution is 5.95. The van der Waals surface area contributed by atoms with E-state index in [9.17, 15) is 19.8 Å². The molecule has 1 aliphatic heterocycles. The number of phenolic OH excluding ortho intramolecular Hbond substituents is 1. The van der Waals surface area contributed by atoms with Crippen molar-refractivity contribution in [1.82, 2.24) is 9.55 Å². The van der Waals surface area contributed by atoms with Crippen LogP contribution in [0.1, 0.15) is 25.3 Å². The fourth-order valence-electron chi connectivity index (χ4n) is 4.08. The van der Waals surface area contributed by atoms with Gasteiger partial charge in [0.1, 0.15) is 16.6 Å². The molecule has 1 aliphatic carbocycles. The summed E-state index contributed by atoms with van der Waals surface area (Å²) < 4.78 is 22.0. The normalized spacial score (nSPS) is 20.7. The zero-order valence-corrected chi connectivity index (χ0v) is 15.4. The van der Waals surface area contributed by atoms with E-state index in [1.54, 1.807) is 4.90 Å². The first-order chi connectivity index (χ1) is 13.4. The second kappa shape index (κ2) is 6.78. The number of hydrogen-bond donors (Lipinski definition) is 4. The molecule has 9 nitrogen and oxygen atoms in total. The van der Waals surface area contributed by atoms with Crippen molar-refractivity contribution in [2.24, 2.45) is 11.7 Å². The molecule has 0 radical (unpaired) electrons. The number of aromatic nitrogens is 2. The maximum atomic E-state index is 15.2. The Morgan fingerprint density at radius 3 is 2.68 bits per heavy atom. The van der Waals surface area contributed by atoms with E-state index >= 15 is 4.39 Å². The van der Waals surface area contributed by atoms with Gasteiger partial charge in [-0.15, -0.1) is 0 Å². The Balaban J connectivity index is 1.98. The molecule has 152 valence electrons. The first-order valence-electron chi connectivity index (χ1n) is 9.29. The standard InChI is InChI=1S/C18H23FN4O5/c1-28-16-13-11(17(26)21-18(27)23(13)9-2-3-9)15(25)12(19)14(16)22-5-4-8(7-22)10(24)6-20/h8-10,24-25H,2-7,20H2,1H3,(H,21,26,27). The molecule has 0 amide bonds. The summed E-state index contributed by atoms with van der Waals surface area (Å²) >= 11 is 0. The van der Waals surface area contributed by atoms with Gasteiger partial charge in [-0.05, 0) is 19.3 Å². The number of phenols is 1. The quantitative estimate of drug-likeness (QED) is 0.562. The van der Waals surface area contributed by atoms with E-state index in [0.717, 1.165) is 12.8 Å². The number of ether oxygens (including phenoxy) is 1. The molecule has 0 bridgehead atoms. The summed E-state index contributed by atoms with van der Waals surface area (Å²) in [6.07, 6.45) is 1.35. The molecule has 1 aromatic carbocycles. The Labute approximate surface area is 159 Å². The van der Waals surface area contributed by atoms with E-state index in [2.05, 4.69) is 4.98 Å². The number of halogens is 1. The number of hydrogen-bond acceptors (Lipinski definition) is 7. The second-order valence-electron chi connectivity index (χ2n) is 7.43. The number of rotatable bonds is 5. The van der Waals surface area contributed by atoms with E-state index in [1.165, 1.54) is 11.7 Å². The topological polar surface area (TPSA) is 134 Å². The number of methoxy groups -OCH3 is 1. The van der Waals surface area contributed by atoms with Gasteiger partial charge in [0.05, 0.1) is 13.2 Å². The summed E-state index contributed by atoms with van der Waals surface area (Å²) in [6, 6.07) is -0.135. The molecule has 4 rings (SSSR count). The molecular formula is C18H23FN4O5. The predicted molar refractivity (Wildman–Crippen MR) is 101 cm³/mol. The Morgan fingerprint density at radius 2 is 2.07 bits per heavy atom. The fraction of sp³-hybridized carbons (Fsp3) is 0.556. The monoisotopic (exact) mass is 394 g/mol. The molecule has 2 unspecified atom stereocenters. The molecular weight excluding hydrogens is 371 g/mol. The maximum absolute atomic E-state index is 15.2. The van der Waals surface area contributed by atoms with Gasteiger partial charge in [0, 0.05) is 31.6 Å². The van der Waals surface area contributed by atoms with Crippen molar-refractivity contribution in [2.45, 2.75) is 31.4 Å². The van der Waals surface area contributed by atoms with E-state index < -0.39 is 28.9 Å². The highest BCUT2D eigenvalue weighted by Crippen LogP contribution is 2.47. The van der Waals surface area contributed by atoms with Crippen LogP contribution in [0.3, 0.4) is 0 Å². The van der Waals surface area contributed by atoms with Crippen molar-refractivity contribution in [3.05, 3.63) is 26.7 Å². The van der Waals surface area contributed by atoms with Gasteiger partial charge in [0.25, 0.3) is 5.56 Å². The zero-order chi connectivity index (χ0) is 20.2. The number of aromatic amines is 1. The van der Waals surface area contributed by atoms with Crippen LogP contribution in [-0.4, -0.2) is 52.6 Å². The smallest absolute Gasteiger partial charge is 0.329 e. The maximum Gasteiger partial charge on any atom is 0.329 e. The van der Waals surface area contributed by atoms with Crippen LogP contribution in [0.15, 0.2) is 9.59 Å². The van der Waals surface area contributed by atoms with Gasteiger partial charge in [-0.2, -0.15) is 0 Å². The molecule has 2 heterocycles. The van der Waals surface area contributed by atoms with Crippen LogP contribution in [0.25, 0.3) is 10.9 Å². The average Bonchev–Trinajstić information content (AvgIpc) is 3.38. The number of nitrogens with one attached hydrogen (secondary N) is 1. The Bertz CT molecular complexity index is 1050. The minimum Gasteiger partial charge on any atom is -0.504 e. The molecule has 10 heteroatoms. The molecule has 1 saturated heterocycles.